The monoisotopic (exact) mass is 754 g/mol. The minimum absolute atomic E-state index is 0.0254. The lowest BCUT2D eigenvalue weighted by molar-refractivity contribution is -0.146. The second kappa shape index (κ2) is 19.2. The van der Waals surface area contributed by atoms with Gasteiger partial charge in [-0.15, -0.1) is 0 Å². The summed E-state index contributed by atoms with van der Waals surface area (Å²) in [4.78, 5) is 93.8. The van der Waals surface area contributed by atoms with Crippen molar-refractivity contribution in [2.24, 2.45) is 35.0 Å². The first-order chi connectivity index (χ1) is 26.3. The number of aromatic nitrogens is 2. The van der Waals surface area contributed by atoms with Gasteiger partial charge in [0.25, 0.3) is 0 Å². The van der Waals surface area contributed by atoms with E-state index < -0.39 is 40.9 Å². The first-order valence-corrected chi connectivity index (χ1v) is 20.8. The molecule has 1 aromatic heterocycles. The largest absolute Gasteiger partial charge is 0.344 e. The molecule has 1 N–H and O–H groups in total. The SMILES string of the molecule is CCC[C@H](CC(=O)[C@@H]1[C@H]2CCC[C@H]2CN1C(=O)[C@@H](NC(=O)[C@@H](CC(=O)c1cnccn1)CC1CCCCC1)C(C)(C)C)C(=O)C(=O)C[C@@H](C)c1ccccc1. The highest BCUT2D eigenvalue weighted by atomic mass is 16.2. The maximum atomic E-state index is 14.8. The third-order valence-electron chi connectivity index (χ3n) is 12.5. The van der Waals surface area contributed by atoms with E-state index in [2.05, 4.69) is 15.3 Å². The molecule has 3 fully saturated rings. The van der Waals surface area contributed by atoms with Gasteiger partial charge in [-0.2, -0.15) is 0 Å². The van der Waals surface area contributed by atoms with Gasteiger partial charge in [0, 0.05) is 50.0 Å². The van der Waals surface area contributed by atoms with E-state index >= 15 is 0 Å². The molecule has 1 aliphatic heterocycles. The van der Waals surface area contributed by atoms with Crippen molar-refractivity contribution in [3.8, 4) is 0 Å². The van der Waals surface area contributed by atoms with Crippen LogP contribution < -0.4 is 5.32 Å². The maximum absolute atomic E-state index is 14.8. The van der Waals surface area contributed by atoms with Crippen molar-refractivity contribution in [1.29, 1.82) is 0 Å². The number of rotatable bonds is 18. The molecule has 55 heavy (non-hydrogen) atoms. The number of hydrogen-bond acceptors (Lipinski definition) is 8. The smallest absolute Gasteiger partial charge is 0.246 e. The van der Waals surface area contributed by atoms with Crippen molar-refractivity contribution in [3.63, 3.8) is 0 Å². The molecule has 3 aliphatic rings. The van der Waals surface area contributed by atoms with Crippen LogP contribution >= 0.6 is 0 Å². The van der Waals surface area contributed by atoms with Crippen LogP contribution in [0.15, 0.2) is 48.9 Å². The molecule has 10 heteroatoms. The van der Waals surface area contributed by atoms with Crippen LogP contribution in [0, 0.1) is 35.0 Å². The lowest BCUT2D eigenvalue weighted by Gasteiger charge is -2.37. The molecule has 298 valence electrons. The van der Waals surface area contributed by atoms with Gasteiger partial charge in [-0.25, -0.2) is 4.98 Å². The fraction of sp³-hybridized carbons (Fsp3) is 0.644. The molecule has 0 unspecified atom stereocenters. The summed E-state index contributed by atoms with van der Waals surface area (Å²) in [6.45, 7) is 10.0. The molecule has 2 aromatic rings. The number of nitrogens with zero attached hydrogens (tertiary/aromatic N) is 3. The first-order valence-electron chi connectivity index (χ1n) is 20.8. The lowest BCUT2D eigenvalue weighted by atomic mass is 9.80. The molecule has 7 atom stereocenters. The van der Waals surface area contributed by atoms with Crippen molar-refractivity contribution in [2.45, 2.75) is 143 Å². The van der Waals surface area contributed by atoms with Crippen molar-refractivity contribution < 1.29 is 28.8 Å². The molecule has 2 amide bonds. The number of carbonyl (C=O) groups excluding carboxylic acids is 6. The molecule has 1 saturated heterocycles. The highest BCUT2D eigenvalue weighted by Crippen LogP contribution is 2.44. The third kappa shape index (κ3) is 10.8. The van der Waals surface area contributed by atoms with Crippen LogP contribution in [0.4, 0.5) is 0 Å². The summed E-state index contributed by atoms with van der Waals surface area (Å²) in [7, 11) is 0. The first kappa shape index (κ1) is 42.1. The summed E-state index contributed by atoms with van der Waals surface area (Å²) in [5.41, 5.74) is 0.493. The Morgan fingerprint density at radius 2 is 1.60 bits per heavy atom. The molecule has 2 heterocycles. The van der Waals surface area contributed by atoms with E-state index in [1.807, 2.05) is 65.0 Å². The Morgan fingerprint density at radius 3 is 2.25 bits per heavy atom. The molecule has 10 nitrogen and oxygen atoms in total. The predicted molar refractivity (Wildman–Crippen MR) is 211 cm³/mol. The molecular weight excluding hydrogens is 693 g/mol. The topological polar surface area (TPSA) is 143 Å². The number of carbonyl (C=O) groups is 6. The Morgan fingerprint density at radius 1 is 0.873 bits per heavy atom. The lowest BCUT2D eigenvalue weighted by Crippen LogP contribution is -2.58. The van der Waals surface area contributed by atoms with Gasteiger partial charge in [-0.1, -0.05) is 110 Å². The van der Waals surface area contributed by atoms with Gasteiger partial charge in [0.05, 0.1) is 12.2 Å². The fourth-order valence-electron chi connectivity index (χ4n) is 9.44. The van der Waals surface area contributed by atoms with Crippen LogP contribution in [-0.2, 0) is 24.0 Å². The van der Waals surface area contributed by atoms with Gasteiger partial charge in [0.15, 0.2) is 17.3 Å². The van der Waals surface area contributed by atoms with E-state index in [-0.39, 0.29) is 66.1 Å². The van der Waals surface area contributed by atoms with Gasteiger partial charge in [-0.3, -0.25) is 33.8 Å². The van der Waals surface area contributed by atoms with Gasteiger partial charge >= 0.3 is 0 Å². The van der Waals surface area contributed by atoms with Crippen molar-refractivity contribution in [3.05, 3.63) is 60.2 Å². The summed E-state index contributed by atoms with van der Waals surface area (Å²) in [6, 6.07) is 7.97. The Bertz CT molecular complexity index is 1650. The highest BCUT2D eigenvalue weighted by molar-refractivity contribution is 6.38. The summed E-state index contributed by atoms with van der Waals surface area (Å²) in [5.74, 6) is -3.12. The maximum Gasteiger partial charge on any atom is 0.246 e. The van der Waals surface area contributed by atoms with Gasteiger partial charge < -0.3 is 10.2 Å². The molecule has 5 rings (SSSR count). The van der Waals surface area contributed by atoms with Crippen LogP contribution in [0.5, 0.6) is 0 Å². The zero-order valence-electron chi connectivity index (χ0n) is 33.6. The van der Waals surface area contributed by atoms with Crippen molar-refractivity contribution in [1.82, 2.24) is 20.2 Å². The minimum atomic E-state index is -0.941. The number of nitrogens with one attached hydrogen (secondary N) is 1. The average Bonchev–Trinajstić information content (AvgIpc) is 3.78. The molecule has 0 bridgehead atoms. The number of amides is 2. The van der Waals surface area contributed by atoms with Crippen LogP contribution in [0.2, 0.25) is 0 Å². The minimum Gasteiger partial charge on any atom is -0.344 e. The number of ketones is 4. The van der Waals surface area contributed by atoms with Crippen LogP contribution in [0.25, 0.3) is 0 Å². The van der Waals surface area contributed by atoms with Crippen LogP contribution in [-0.4, -0.2) is 68.4 Å². The van der Waals surface area contributed by atoms with E-state index in [9.17, 15) is 28.8 Å². The summed E-state index contributed by atoms with van der Waals surface area (Å²) in [5, 5.41) is 3.10. The molecule has 2 saturated carbocycles. The van der Waals surface area contributed by atoms with Gasteiger partial charge in [-0.05, 0) is 60.3 Å². The zero-order chi connectivity index (χ0) is 39.7. The predicted octanol–water partition coefficient (Wildman–Crippen LogP) is 7.50. The van der Waals surface area contributed by atoms with E-state index in [0.29, 0.717) is 31.7 Å². The number of Topliss-reactive ketones (excluding diaryl/α,β-unsaturated/α-hetero) is 4. The van der Waals surface area contributed by atoms with E-state index in [1.54, 1.807) is 4.90 Å². The fourth-order valence-corrected chi connectivity index (χ4v) is 9.44. The summed E-state index contributed by atoms with van der Waals surface area (Å²) in [6.07, 6.45) is 14.0. The Hall–Kier alpha value is -4.08. The number of fused-ring (bicyclic) bond motifs is 1. The normalized spacial score (nSPS) is 22.3. The molecule has 2 aliphatic carbocycles. The quantitative estimate of drug-likeness (QED) is 0.122. The van der Waals surface area contributed by atoms with E-state index in [0.717, 1.165) is 50.5 Å². The zero-order valence-corrected chi connectivity index (χ0v) is 33.6. The standard InChI is InChI=1S/C45H62N4O6/c1-6-14-32(41(53)39(52)23-29(2)31-17-11-8-12-18-31)25-38(51)40-35-20-13-19-33(35)28-49(40)44(55)42(45(3,4)5)48-43(54)34(24-30-15-9-7-10-16-30)26-37(50)36-27-46-21-22-47-36/h8,11-12,17-18,21-22,27,29-30,32-35,40,42H,6-7,9-10,13-16,19-20,23-26,28H2,1-5H3,(H,48,54)/t29-,32-,33+,34-,35+,40+,42-/m1/s1. The number of benzene rings is 1. The number of hydrogen-bond donors (Lipinski definition) is 1. The molecule has 0 spiro atoms. The Kier molecular flexibility index (Phi) is 14.7. The van der Waals surface area contributed by atoms with E-state index in [4.69, 9.17) is 0 Å². The van der Waals surface area contributed by atoms with E-state index in [1.165, 1.54) is 25.0 Å². The van der Waals surface area contributed by atoms with Crippen molar-refractivity contribution >= 4 is 34.9 Å². The molecular formula is C45H62N4O6. The van der Waals surface area contributed by atoms with Gasteiger partial charge in [0.1, 0.15) is 11.7 Å². The Balaban J connectivity index is 1.34. The average molecular weight is 755 g/mol. The Labute approximate surface area is 327 Å². The number of likely N-dealkylation sites (tertiary alicyclic amines) is 1. The molecule has 1 aromatic carbocycles. The highest BCUT2D eigenvalue weighted by Gasteiger charge is 2.52. The van der Waals surface area contributed by atoms with Crippen molar-refractivity contribution in [2.75, 3.05) is 6.54 Å². The second-order valence-electron chi connectivity index (χ2n) is 17.7. The van der Waals surface area contributed by atoms with Crippen LogP contribution in [0.3, 0.4) is 0 Å². The summed E-state index contributed by atoms with van der Waals surface area (Å²) >= 11 is 0. The van der Waals surface area contributed by atoms with Crippen LogP contribution in [0.1, 0.15) is 146 Å². The summed E-state index contributed by atoms with van der Waals surface area (Å²) < 4.78 is 0. The third-order valence-corrected chi connectivity index (χ3v) is 12.5. The van der Waals surface area contributed by atoms with Gasteiger partial charge in [0.2, 0.25) is 17.6 Å². The second-order valence-corrected chi connectivity index (χ2v) is 17.7. The molecule has 0 radical (unpaired) electrons.